The van der Waals surface area contributed by atoms with Gasteiger partial charge in [-0.3, -0.25) is 10.1 Å². The highest BCUT2D eigenvalue weighted by molar-refractivity contribution is 7.19. The number of alkyl halides is 3. The van der Waals surface area contributed by atoms with E-state index in [0.29, 0.717) is 16.1 Å². The first kappa shape index (κ1) is 25.3. The van der Waals surface area contributed by atoms with Crippen LogP contribution in [-0.4, -0.2) is 25.0 Å². The Morgan fingerprint density at radius 2 is 1.67 bits per heavy atom. The van der Waals surface area contributed by atoms with Crippen LogP contribution in [0.1, 0.15) is 21.5 Å². The number of benzene rings is 3. The third-order valence-electron chi connectivity index (χ3n) is 5.47. The highest BCUT2D eigenvalue weighted by Crippen LogP contribution is 2.41. The van der Waals surface area contributed by atoms with Gasteiger partial charge in [-0.05, 0) is 48.4 Å². The van der Waals surface area contributed by atoms with E-state index < -0.39 is 34.8 Å². The van der Waals surface area contributed by atoms with Crippen LogP contribution in [0.25, 0.3) is 21.7 Å². The standard InChI is InChI=1S/C26H20F5N3OS/c1-14-7-12-19(27)20(21(14)28)24(35)33-25-32-22(15-8-10-18(11-9-15)34(2)3)23(36-25)16-5-4-6-17(13-16)26(29,30)31/h4-13H,1-3H3,(H,32,33,35). The van der Waals surface area contributed by atoms with Crippen molar-refractivity contribution in [1.29, 1.82) is 0 Å². The number of nitrogens with one attached hydrogen (secondary N) is 1. The average molecular weight is 518 g/mol. The Balaban J connectivity index is 1.80. The lowest BCUT2D eigenvalue weighted by Crippen LogP contribution is -2.16. The monoisotopic (exact) mass is 517 g/mol. The Hall–Kier alpha value is -3.79. The highest BCUT2D eigenvalue weighted by atomic mass is 32.1. The number of aromatic nitrogens is 1. The van der Waals surface area contributed by atoms with Gasteiger partial charge >= 0.3 is 6.18 Å². The number of carbonyl (C=O) groups excluding carboxylic acids is 1. The van der Waals surface area contributed by atoms with E-state index in [1.54, 1.807) is 12.1 Å². The normalized spacial score (nSPS) is 11.4. The summed E-state index contributed by atoms with van der Waals surface area (Å²) in [5.41, 5.74) is 0.547. The summed E-state index contributed by atoms with van der Waals surface area (Å²) in [6.07, 6.45) is -4.55. The van der Waals surface area contributed by atoms with Crippen molar-refractivity contribution >= 4 is 28.1 Å². The fourth-order valence-electron chi connectivity index (χ4n) is 3.54. The summed E-state index contributed by atoms with van der Waals surface area (Å²) in [7, 11) is 3.73. The van der Waals surface area contributed by atoms with Crippen LogP contribution in [0.15, 0.2) is 60.7 Å². The van der Waals surface area contributed by atoms with E-state index in [0.717, 1.165) is 35.2 Å². The van der Waals surface area contributed by atoms with Crippen molar-refractivity contribution in [3.63, 3.8) is 0 Å². The zero-order valence-electron chi connectivity index (χ0n) is 19.4. The predicted molar refractivity (Wildman–Crippen MR) is 131 cm³/mol. The molecule has 0 bridgehead atoms. The smallest absolute Gasteiger partial charge is 0.378 e. The van der Waals surface area contributed by atoms with E-state index in [1.807, 2.05) is 31.1 Å². The van der Waals surface area contributed by atoms with Crippen molar-refractivity contribution in [3.05, 3.63) is 89.0 Å². The van der Waals surface area contributed by atoms with Crippen molar-refractivity contribution in [3.8, 4) is 21.7 Å². The van der Waals surface area contributed by atoms with Gasteiger partial charge in [-0.25, -0.2) is 13.8 Å². The van der Waals surface area contributed by atoms with Crippen LogP contribution < -0.4 is 10.2 Å². The van der Waals surface area contributed by atoms with Crippen LogP contribution in [0.4, 0.5) is 32.8 Å². The molecule has 0 aliphatic rings. The van der Waals surface area contributed by atoms with Gasteiger partial charge in [-0.2, -0.15) is 13.2 Å². The van der Waals surface area contributed by atoms with Gasteiger partial charge < -0.3 is 4.90 Å². The topological polar surface area (TPSA) is 45.2 Å². The molecule has 0 unspecified atom stereocenters. The molecular weight excluding hydrogens is 497 g/mol. The lowest BCUT2D eigenvalue weighted by molar-refractivity contribution is -0.137. The maximum absolute atomic E-state index is 14.5. The lowest BCUT2D eigenvalue weighted by Gasteiger charge is -2.13. The zero-order chi connectivity index (χ0) is 26.2. The van der Waals surface area contributed by atoms with Crippen LogP contribution >= 0.6 is 11.3 Å². The fourth-order valence-corrected chi connectivity index (χ4v) is 4.52. The van der Waals surface area contributed by atoms with Crippen molar-refractivity contribution in [2.75, 3.05) is 24.3 Å². The summed E-state index contributed by atoms with van der Waals surface area (Å²) in [5.74, 6) is -3.08. The van der Waals surface area contributed by atoms with Gasteiger partial charge in [-0.1, -0.05) is 41.7 Å². The Morgan fingerprint density at radius 1 is 0.972 bits per heavy atom. The molecule has 0 fully saturated rings. The SMILES string of the molecule is Cc1ccc(F)c(C(=O)Nc2nc(-c3ccc(N(C)C)cc3)c(-c3cccc(C(F)(F)F)c3)s2)c1F. The highest BCUT2D eigenvalue weighted by Gasteiger charge is 2.31. The van der Waals surface area contributed by atoms with E-state index in [2.05, 4.69) is 10.3 Å². The summed E-state index contributed by atoms with van der Waals surface area (Å²) in [4.78, 5) is 19.4. The van der Waals surface area contributed by atoms with Gasteiger partial charge in [0.2, 0.25) is 0 Å². The molecule has 0 atom stereocenters. The number of hydrogen-bond donors (Lipinski definition) is 1. The number of amides is 1. The fraction of sp³-hybridized carbons (Fsp3) is 0.154. The molecule has 4 aromatic rings. The first-order valence-corrected chi connectivity index (χ1v) is 11.5. The molecule has 0 aliphatic heterocycles. The minimum Gasteiger partial charge on any atom is -0.378 e. The molecule has 1 heterocycles. The quantitative estimate of drug-likeness (QED) is 0.281. The van der Waals surface area contributed by atoms with E-state index in [9.17, 15) is 26.7 Å². The molecule has 1 aromatic heterocycles. The van der Waals surface area contributed by atoms with Crippen LogP contribution in [0.5, 0.6) is 0 Å². The maximum atomic E-state index is 14.5. The minimum atomic E-state index is -4.55. The molecule has 0 saturated carbocycles. The Kier molecular flexibility index (Phi) is 6.81. The number of nitrogens with zero attached hydrogens (tertiary/aromatic N) is 2. The molecule has 10 heteroatoms. The lowest BCUT2D eigenvalue weighted by atomic mass is 10.0. The second-order valence-electron chi connectivity index (χ2n) is 8.22. The molecule has 0 spiro atoms. The molecule has 4 rings (SSSR count). The first-order valence-electron chi connectivity index (χ1n) is 10.7. The molecule has 0 saturated heterocycles. The average Bonchev–Trinajstić information content (AvgIpc) is 3.25. The number of aryl methyl sites for hydroxylation is 1. The Labute approximate surface area is 208 Å². The number of halogens is 5. The minimum absolute atomic E-state index is 0.0144. The van der Waals surface area contributed by atoms with Crippen LogP contribution in [-0.2, 0) is 6.18 Å². The van der Waals surface area contributed by atoms with Crippen molar-refractivity contribution in [1.82, 2.24) is 4.98 Å². The number of hydrogen-bond acceptors (Lipinski definition) is 4. The molecule has 3 aromatic carbocycles. The third-order valence-corrected chi connectivity index (χ3v) is 6.49. The molecule has 0 radical (unpaired) electrons. The van der Waals surface area contributed by atoms with Gasteiger partial charge in [0.05, 0.1) is 16.1 Å². The molecule has 4 nitrogen and oxygen atoms in total. The summed E-state index contributed by atoms with van der Waals surface area (Å²) in [6, 6.07) is 14.1. The second kappa shape index (κ2) is 9.69. The number of carbonyl (C=O) groups is 1. The molecule has 0 aliphatic carbocycles. The summed E-state index contributed by atoms with van der Waals surface area (Å²) >= 11 is 0.910. The van der Waals surface area contributed by atoms with E-state index >= 15 is 0 Å². The van der Waals surface area contributed by atoms with Gasteiger partial charge in [0.15, 0.2) is 5.13 Å². The Bertz CT molecular complexity index is 1430. The predicted octanol–water partition coefficient (Wildman–Crippen LogP) is 7.40. The van der Waals surface area contributed by atoms with Gasteiger partial charge in [-0.15, -0.1) is 0 Å². The molecule has 1 N–H and O–H groups in total. The van der Waals surface area contributed by atoms with Gasteiger partial charge in [0.1, 0.15) is 17.2 Å². The summed E-state index contributed by atoms with van der Waals surface area (Å²) < 4.78 is 68.8. The number of rotatable bonds is 5. The molecule has 36 heavy (non-hydrogen) atoms. The largest absolute Gasteiger partial charge is 0.416 e. The van der Waals surface area contributed by atoms with E-state index in [4.69, 9.17) is 0 Å². The third kappa shape index (κ3) is 5.08. The van der Waals surface area contributed by atoms with Crippen molar-refractivity contribution in [2.45, 2.75) is 13.1 Å². The van der Waals surface area contributed by atoms with Crippen LogP contribution in [0.3, 0.4) is 0 Å². The zero-order valence-corrected chi connectivity index (χ0v) is 20.2. The molecule has 1 amide bonds. The second-order valence-corrected chi connectivity index (χ2v) is 9.22. The van der Waals surface area contributed by atoms with E-state index in [-0.39, 0.29) is 16.3 Å². The number of anilines is 2. The van der Waals surface area contributed by atoms with Crippen molar-refractivity contribution in [2.24, 2.45) is 0 Å². The van der Waals surface area contributed by atoms with Gasteiger partial charge in [0.25, 0.3) is 5.91 Å². The first-order chi connectivity index (χ1) is 17.0. The molecule has 186 valence electrons. The van der Waals surface area contributed by atoms with Gasteiger partial charge in [0, 0.05) is 25.3 Å². The molecular formula is C26H20F5N3OS. The maximum Gasteiger partial charge on any atom is 0.416 e. The Morgan fingerprint density at radius 3 is 2.31 bits per heavy atom. The van der Waals surface area contributed by atoms with E-state index in [1.165, 1.54) is 25.1 Å². The van der Waals surface area contributed by atoms with Crippen LogP contribution in [0, 0.1) is 18.6 Å². The summed E-state index contributed by atoms with van der Waals surface area (Å²) in [6.45, 7) is 1.40. The number of thiazole rings is 1. The summed E-state index contributed by atoms with van der Waals surface area (Å²) in [5, 5.41) is 2.39. The van der Waals surface area contributed by atoms with Crippen molar-refractivity contribution < 1.29 is 26.7 Å². The van der Waals surface area contributed by atoms with Crippen LogP contribution in [0.2, 0.25) is 0 Å².